The molecule has 0 bridgehead atoms. The van der Waals surface area contributed by atoms with E-state index in [2.05, 4.69) is 25.7 Å². The molecule has 0 saturated heterocycles. The van der Waals surface area contributed by atoms with Crippen LogP contribution < -0.4 is 22.1 Å². The van der Waals surface area contributed by atoms with E-state index in [1.54, 1.807) is 24.1 Å². The fourth-order valence-corrected chi connectivity index (χ4v) is 3.64. The third kappa shape index (κ3) is 3.83. The molecule has 0 aromatic carbocycles. The molecule has 2 unspecified atom stereocenters. The average Bonchev–Trinajstić information content (AvgIpc) is 3.06. The number of pyridine rings is 2. The summed E-state index contributed by atoms with van der Waals surface area (Å²) in [6, 6.07) is 2.75. The molecule has 3 heterocycles. The Kier molecular flexibility index (Phi) is 5.01. The molecule has 0 aliphatic heterocycles. The van der Waals surface area contributed by atoms with Crippen LogP contribution in [-0.4, -0.2) is 37.7 Å². The zero-order chi connectivity index (χ0) is 20.5. The summed E-state index contributed by atoms with van der Waals surface area (Å²) in [6.45, 7) is 0. The topological polar surface area (TPSA) is 137 Å². The van der Waals surface area contributed by atoms with E-state index in [9.17, 15) is 9.18 Å². The molecule has 1 amide bonds. The van der Waals surface area contributed by atoms with Crippen molar-refractivity contribution in [2.24, 2.45) is 18.5 Å². The van der Waals surface area contributed by atoms with Gasteiger partial charge in [-0.2, -0.15) is 5.10 Å². The van der Waals surface area contributed by atoms with E-state index in [1.807, 2.05) is 6.07 Å². The highest BCUT2D eigenvalue weighted by Gasteiger charge is 2.24. The Labute approximate surface area is 166 Å². The lowest BCUT2D eigenvalue weighted by Crippen LogP contribution is -2.43. The molecule has 1 fully saturated rings. The van der Waals surface area contributed by atoms with E-state index in [1.165, 1.54) is 0 Å². The van der Waals surface area contributed by atoms with Gasteiger partial charge in [-0.05, 0) is 25.0 Å². The van der Waals surface area contributed by atoms with Gasteiger partial charge in [0.15, 0.2) is 17.3 Å². The van der Waals surface area contributed by atoms with Crippen molar-refractivity contribution in [1.29, 1.82) is 0 Å². The van der Waals surface area contributed by atoms with Crippen molar-refractivity contribution < 1.29 is 9.18 Å². The number of nitrogens with two attached hydrogens (primary N) is 2. The van der Waals surface area contributed by atoms with Gasteiger partial charge in [0.1, 0.15) is 5.82 Å². The van der Waals surface area contributed by atoms with Gasteiger partial charge in [0.05, 0.1) is 23.6 Å². The predicted octanol–water partition coefficient (Wildman–Crippen LogP) is 2.03. The van der Waals surface area contributed by atoms with Gasteiger partial charge in [-0.15, -0.1) is 0 Å². The van der Waals surface area contributed by atoms with Crippen molar-refractivity contribution in [3.63, 3.8) is 0 Å². The number of hydrogen-bond donors (Lipinski definition) is 4. The van der Waals surface area contributed by atoms with Crippen molar-refractivity contribution in [2.45, 2.75) is 37.8 Å². The van der Waals surface area contributed by atoms with Crippen LogP contribution in [0.25, 0.3) is 11.0 Å². The number of anilines is 3. The molecule has 9 nitrogen and oxygen atoms in total. The Bertz CT molecular complexity index is 1070. The summed E-state index contributed by atoms with van der Waals surface area (Å²) in [4.78, 5) is 20.5. The summed E-state index contributed by atoms with van der Waals surface area (Å²) in [5.74, 6) is -1.25. The van der Waals surface area contributed by atoms with Gasteiger partial charge in [-0.3, -0.25) is 9.48 Å². The maximum atomic E-state index is 14.6. The second-order valence-electron chi connectivity index (χ2n) is 7.31. The zero-order valence-electron chi connectivity index (χ0n) is 16.0. The molecule has 0 radical (unpaired) electrons. The van der Waals surface area contributed by atoms with Gasteiger partial charge in [-0.25, -0.2) is 14.4 Å². The maximum Gasteiger partial charge on any atom is 0.252 e. The van der Waals surface area contributed by atoms with Gasteiger partial charge in [0, 0.05) is 24.5 Å². The molecule has 4 rings (SSSR count). The minimum absolute atomic E-state index is 0.0373. The van der Waals surface area contributed by atoms with Gasteiger partial charge < -0.3 is 22.1 Å². The Morgan fingerprint density at radius 1 is 1.24 bits per heavy atom. The van der Waals surface area contributed by atoms with Crippen LogP contribution in [-0.2, 0) is 7.05 Å². The SMILES string of the molecule is Cn1ncc2cc(Nc3nc(NC4CCCCC4N)c(F)cc3C(N)=O)cnc21. The highest BCUT2D eigenvalue weighted by atomic mass is 19.1. The van der Waals surface area contributed by atoms with Gasteiger partial charge in [0.2, 0.25) is 0 Å². The fraction of sp³-hybridized carbons (Fsp3) is 0.368. The van der Waals surface area contributed by atoms with Crippen molar-refractivity contribution in [3.05, 3.63) is 35.9 Å². The summed E-state index contributed by atoms with van der Waals surface area (Å²) in [7, 11) is 1.79. The fourth-order valence-electron chi connectivity index (χ4n) is 3.64. The van der Waals surface area contributed by atoms with Gasteiger partial charge in [-0.1, -0.05) is 12.8 Å². The molecule has 2 atom stereocenters. The van der Waals surface area contributed by atoms with E-state index in [0.29, 0.717) is 11.3 Å². The van der Waals surface area contributed by atoms with E-state index >= 15 is 0 Å². The molecule has 152 valence electrons. The summed E-state index contributed by atoms with van der Waals surface area (Å²) in [5, 5.41) is 11.1. The number of carbonyl (C=O) groups excluding carboxylic acids is 1. The summed E-state index contributed by atoms with van der Waals surface area (Å²) >= 11 is 0. The van der Waals surface area contributed by atoms with Crippen molar-refractivity contribution in [2.75, 3.05) is 10.6 Å². The highest BCUT2D eigenvalue weighted by Crippen LogP contribution is 2.27. The van der Waals surface area contributed by atoms with Crippen LogP contribution in [0.5, 0.6) is 0 Å². The van der Waals surface area contributed by atoms with Crippen LogP contribution >= 0.6 is 0 Å². The number of nitrogens with zero attached hydrogens (tertiary/aromatic N) is 4. The standard InChI is InChI=1S/C19H23FN8O/c1-28-19-10(8-24-28)6-11(9-23-19)25-17-12(16(22)29)7-13(20)18(27-17)26-15-5-3-2-4-14(15)21/h6-9,14-15H,2-5,21H2,1H3,(H2,22,29)(H2,25,26,27). The third-order valence-corrected chi connectivity index (χ3v) is 5.22. The normalized spacial score (nSPS) is 19.3. The lowest BCUT2D eigenvalue weighted by atomic mass is 9.91. The highest BCUT2D eigenvalue weighted by molar-refractivity contribution is 5.98. The first-order valence-electron chi connectivity index (χ1n) is 9.49. The number of carbonyl (C=O) groups is 1. The number of rotatable bonds is 5. The summed E-state index contributed by atoms with van der Waals surface area (Å²) in [5.41, 5.74) is 12.8. The number of fused-ring (bicyclic) bond motifs is 1. The largest absolute Gasteiger partial charge is 0.365 e. The molecule has 10 heteroatoms. The summed E-state index contributed by atoms with van der Waals surface area (Å²) < 4.78 is 16.2. The molecule has 3 aromatic heterocycles. The molecule has 1 aliphatic rings. The Balaban J connectivity index is 1.67. The monoisotopic (exact) mass is 398 g/mol. The van der Waals surface area contributed by atoms with E-state index in [0.717, 1.165) is 37.1 Å². The molecular formula is C19H23FN8O. The average molecular weight is 398 g/mol. The number of aromatic nitrogens is 4. The second-order valence-corrected chi connectivity index (χ2v) is 7.31. The first-order valence-corrected chi connectivity index (χ1v) is 9.49. The zero-order valence-corrected chi connectivity index (χ0v) is 16.0. The maximum absolute atomic E-state index is 14.6. The molecule has 1 saturated carbocycles. The van der Waals surface area contributed by atoms with Crippen molar-refractivity contribution >= 4 is 34.3 Å². The minimum Gasteiger partial charge on any atom is -0.365 e. The van der Waals surface area contributed by atoms with E-state index in [-0.39, 0.29) is 29.3 Å². The second kappa shape index (κ2) is 7.63. The molecule has 0 spiro atoms. The predicted molar refractivity (Wildman–Crippen MR) is 108 cm³/mol. The lowest BCUT2D eigenvalue weighted by molar-refractivity contribution is 0.100. The Hall–Kier alpha value is -3.27. The quantitative estimate of drug-likeness (QED) is 0.516. The molecule has 3 aromatic rings. The first kappa shape index (κ1) is 19.1. The smallest absolute Gasteiger partial charge is 0.252 e. The van der Waals surface area contributed by atoms with Crippen LogP contribution in [0.2, 0.25) is 0 Å². The lowest BCUT2D eigenvalue weighted by Gasteiger charge is -2.30. The first-order chi connectivity index (χ1) is 13.9. The van der Waals surface area contributed by atoms with Crippen molar-refractivity contribution in [3.8, 4) is 0 Å². The van der Waals surface area contributed by atoms with Crippen LogP contribution in [0.15, 0.2) is 24.5 Å². The molecule has 29 heavy (non-hydrogen) atoms. The molecular weight excluding hydrogens is 375 g/mol. The molecule has 6 N–H and O–H groups in total. The van der Waals surface area contributed by atoms with Gasteiger partial charge in [0.25, 0.3) is 5.91 Å². The third-order valence-electron chi connectivity index (χ3n) is 5.22. The number of nitrogens with one attached hydrogen (secondary N) is 2. The number of amides is 1. The number of halogens is 1. The minimum atomic E-state index is -0.782. The van der Waals surface area contributed by atoms with Gasteiger partial charge >= 0.3 is 0 Å². The van der Waals surface area contributed by atoms with Crippen LogP contribution in [0.3, 0.4) is 0 Å². The number of aryl methyl sites for hydroxylation is 1. The number of primary amides is 1. The molecule has 1 aliphatic carbocycles. The van der Waals surface area contributed by atoms with Crippen LogP contribution in [0.1, 0.15) is 36.0 Å². The van der Waals surface area contributed by atoms with Crippen LogP contribution in [0.4, 0.5) is 21.7 Å². The Morgan fingerprint density at radius 2 is 2.03 bits per heavy atom. The van der Waals surface area contributed by atoms with E-state index < -0.39 is 11.7 Å². The Morgan fingerprint density at radius 3 is 2.79 bits per heavy atom. The van der Waals surface area contributed by atoms with Crippen molar-refractivity contribution in [1.82, 2.24) is 19.7 Å². The summed E-state index contributed by atoms with van der Waals surface area (Å²) in [6.07, 6.45) is 7.06. The van der Waals surface area contributed by atoms with E-state index in [4.69, 9.17) is 11.5 Å². The van der Waals surface area contributed by atoms with Crippen LogP contribution in [0, 0.1) is 5.82 Å². The number of hydrogen-bond acceptors (Lipinski definition) is 7.